The summed E-state index contributed by atoms with van der Waals surface area (Å²) in [5.74, 6) is 1.36. The second-order valence-electron chi connectivity index (χ2n) is 4.94. The topological polar surface area (TPSA) is 0 Å². The molecule has 0 heterocycles. The highest BCUT2D eigenvalue weighted by Gasteiger charge is 1.96. The Morgan fingerprint density at radius 3 is 1.88 bits per heavy atom. The first-order valence-corrected chi connectivity index (χ1v) is 6.85. The van der Waals surface area contributed by atoms with Crippen LogP contribution < -0.4 is 0 Å². The summed E-state index contributed by atoms with van der Waals surface area (Å²) in [5, 5.41) is 0. The first-order valence-electron chi connectivity index (χ1n) is 6.85. The molecule has 0 heteroatoms. The molecule has 0 aromatic heterocycles. The van der Waals surface area contributed by atoms with Crippen molar-refractivity contribution in [3.63, 3.8) is 0 Å². The first kappa shape index (κ1) is 16.0. The Morgan fingerprint density at radius 1 is 0.941 bits per heavy atom. The molecule has 1 aromatic carbocycles. The standard InChI is InChI=1S/C15H22.C2H6/c1-12(2)5-6-14-7-9-15(10-8-14)11-13(3)4;1-2/h5-10,12-13H,11H2,1-4H3;1-2H3/b6-5+;. The van der Waals surface area contributed by atoms with Crippen molar-refractivity contribution < 1.29 is 0 Å². The largest absolute Gasteiger partial charge is 0.0814 e. The van der Waals surface area contributed by atoms with E-state index in [1.807, 2.05) is 13.8 Å². The maximum Gasteiger partial charge on any atom is -0.0256 e. The van der Waals surface area contributed by atoms with E-state index in [1.165, 1.54) is 17.5 Å². The highest BCUT2D eigenvalue weighted by atomic mass is 14.0. The van der Waals surface area contributed by atoms with Gasteiger partial charge in [0, 0.05) is 0 Å². The summed E-state index contributed by atoms with van der Waals surface area (Å²) >= 11 is 0. The van der Waals surface area contributed by atoms with E-state index in [0.717, 1.165) is 5.92 Å². The Balaban J connectivity index is 0.00000121. The Labute approximate surface area is 108 Å². The molecule has 0 nitrogen and oxygen atoms in total. The summed E-state index contributed by atoms with van der Waals surface area (Å²) in [5.41, 5.74) is 2.74. The van der Waals surface area contributed by atoms with Gasteiger partial charge in [0.25, 0.3) is 0 Å². The Kier molecular flexibility index (Phi) is 8.49. The lowest BCUT2D eigenvalue weighted by atomic mass is 10.0. The highest BCUT2D eigenvalue weighted by molar-refractivity contribution is 5.49. The molecular weight excluding hydrogens is 204 g/mol. The third-order valence-electron chi connectivity index (χ3n) is 2.30. The Hall–Kier alpha value is -1.04. The van der Waals surface area contributed by atoms with E-state index in [9.17, 15) is 0 Å². The predicted octanol–water partition coefficient (Wildman–Crippen LogP) is 5.58. The van der Waals surface area contributed by atoms with Gasteiger partial charge in [0.1, 0.15) is 0 Å². The molecule has 0 spiro atoms. The summed E-state index contributed by atoms with van der Waals surface area (Å²) in [6.45, 7) is 12.9. The molecule has 0 atom stereocenters. The lowest BCUT2D eigenvalue weighted by Gasteiger charge is -2.04. The number of hydrogen-bond acceptors (Lipinski definition) is 0. The molecule has 0 fully saturated rings. The number of hydrogen-bond donors (Lipinski definition) is 0. The Morgan fingerprint density at radius 2 is 1.47 bits per heavy atom. The van der Waals surface area contributed by atoms with E-state index < -0.39 is 0 Å². The number of benzene rings is 1. The van der Waals surface area contributed by atoms with Gasteiger partial charge >= 0.3 is 0 Å². The molecule has 0 amide bonds. The zero-order chi connectivity index (χ0) is 13.3. The van der Waals surface area contributed by atoms with Gasteiger partial charge in [0.15, 0.2) is 0 Å². The molecule has 0 bridgehead atoms. The van der Waals surface area contributed by atoms with E-state index in [2.05, 4.69) is 64.1 Å². The second-order valence-corrected chi connectivity index (χ2v) is 4.94. The van der Waals surface area contributed by atoms with Crippen molar-refractivity contribution in [2.45, 2.75) is 48.0 Å². The molecule has 0 aliphatic heterocycles. The molecule has 1 rings (SSSR count). The molecule has 0 aliphatic carbocycles. The summed E-state index contributed by atoms with van der Waals surface area (Å²) in [7, 11) is 0. The fraction of sp³-hybridized carbons (Fsp3) is 0.529. The molecule has 17 heavy (non-hydrogen) atoms. The first-order chi connectivity index (χ1) is 8.08. The average molecular weight is 232 g/mol. The van der Waals surface area contributed by atoms with Gasteiger partial charge in [-0.05, 0) is 29.4 Å². The van der Waals surface area contributed by atoms with Gasteiger partial charge in [-0.15, -0.1) is 0 Å². The van der Waals surface area contributed by atoms with Gasteiger partial charge in [-0.3, -0.25) is 0 Å². The van der Waals surface area contributed by atoms with E-state index in [0.29, 0.717) is 5.92 Å². The van der Waals surface area contributed by atoms with Crippen LogP contribution >= 0.6 is 0 Å². The molecule has 96 valence electrons. The van der Waals surface area contributed by atoms with Gasteiger partial charge < -0.3 is 0 Å². The van der Waals surface area contributed by atoms with Crippen LogP contribution in [-0.4, -0.2) is 0 Å². The summed E-state index contributed by atoms with van der Waals surface area (Å²) in [6, 6.07) is 8.88. The molecule has 0 saturated heterocycles. The number of allylic oxidation sites excluding steroid dienone is 1. The van der Waals surface area contributed by atoms with Gasteiger partial charge in [0.05, 0.1) is 0 Å². The van der Waals surface area contributed by atoms with E-state index >= 15 is 0 Å². The summed E-state index contributed by atoms with van der Waals surface area (Å²) in [4.78, 5) is 0. The normalized spacial score (nSPS) is 10.8. The third kappa shape index (κ3) is 7.79. The highest BCUT2D eigenvalue weighted by Crippen LogP contribution is 2.11. The van der Waals surface area contributed by atoms with Gasteiger partial charge in [-0.1, -0.05) is 78.0 Å². The number of rotatable bonds is 4. The fourth-order valence-electron chi connectivity index (χ4n) is 1.54. The van der Waals surface area contributed by atoms with Crippen molar-refractivity contribution in [3.8, 4) is 0 Å². The van der Waals surface area contributed by atoms with Crippen LogP contribution in [0.25, 0.3) is 6.08 Å². The maximum absolute atomic E-state index is 2.26. The van der Waals surface area contributed by atoms with Crippen LogP contribution in [-0.2, 0) is 6.42 Å². The van der Waals surface area contributed by atoms with Crippen molar-refractivity contribution in [1.82, 2.24) is 0 Å². The average Bonchev–Trinajstić information content (AvgIpc) is 2.30. The maximum atomic E-state index is 2.26. The lowest BCUT2D eigenvalue weighted by Crippen LogP contribution is -1.93. The van der Waals surface area contributed by atoms with Gasteiger partial charge in [-0.2, -0.15) is 0 Å². The van der Waals surface area contributed by atoms with Crippen LogP contribution in [0.2, 0.25) is 0 Å². The van der Waals surface area contributed by atoms with Crippen molar-refractivity contribution in [3.05, 3.63) is 41.5 Å². The van der Waals surface area contributed by atoms with Crippen LogP contribution in [0.15, 0.2) is 30.3 Å². The molecule has 0 aliphatic rings. The SMILES string of the molecule is CC.CC(C)/C=C/c1ccc(CC(C)C)cc1. The van der Waals surface area contributed by atoms with Crippen molar-refractivity contribution in [1.29, 1.82) is 0 Å². The van der Waals surface area contributed by atoms with Crippen LogP contribution in [0.4, 0.5) is 0 Å². The van der Waals surface area contributed by atoms with Crippen molar-refractivity contribution >= 4 is 6.08 Å². The summed E-state index contributed by atoms with van der Waals surface area (Å²) in [6.07, 6.45) is 5.61. The molecular formula is C17H28. The zero-order valence-electron chi connectivity index (χ0n) is 12.3. The van der Waals surface area contributed by atoms with Crippen LogP contribution in [0.5, 0.6) is 0 Å². The smallest absolute Gasteiger partial charge is 0.0256 e. The predicted molar refractivity (Wildman–Crippen MR) is 80.2 cm³/mol. The monoisotopic (exact) mass is 232 g/mol. The van der Waals surface area contributed by atoms with Gasteiger partial charge in [0.2, 0.25) is 0 Å². The van der Waals surface area contributed by atoms with Gasteiger partial charge in [-0.25, -0.2) is 0 Å². The molecule has 0 radical (unpaired) electrons. The second kappa shape index (κ2) is 9.04. The summed E-state index contributed by atoms with van der Waals surface area (Å²) < 4.78 is 0. The minimum Gasteiger partial charge on any atom is -0.0814 e. The van der Waals surface area contributed by atoms with Crippen LogP contribution in [0.1, 0.15) is 52.7 Å². The molecule has 0 saturated carbocycles. The van der Waals surface area contributed by atoms with E-state index in [1.54, 1.807) is 0 Å². The van der Waals surface area contributed by atoms with E-state index in [4.69, 9.17) is 0 Å². The molecule has 0 N–H and O–H groups in total. The Bertz CT molecular complexity index is 301. The fourth-order valence-corrected chi connectivity index (χ4v) is 1.54. The van der Waals surface area contributed by atoms with Crippen LogP contribution in [0, 0.1) is 11.8 Å². The van der Waals surface area contributed by atoms with Crippen molar-refractivity contribution in [2.24, 2.45) is 11.8 Å². The minimum absolute atomic E-state index is 0.625. The third-order valence-corrected chi connectivity index (χ3v) is 2.30. The lowest BCUT2D eigenvalue weighted by molar-refractivity contribution is 0.647. The quantitative estimate of drug-likeness (QED) is 0.635. The molecule has 1 aromatic rings. The molecule has 0 unspecified atom stereocenters. The zero-order valence-corrected chi connectivity index (χ0v) is 12.3. The van der Waals surface area contributed by atoms with Crippen LogP contribution in [0.3, 0.4) is 0 Å². The van der Waals surface area contributed by atoms with E-state index in [-0.39, 0.29) is 0 Å². The minimum atomic E-state index is 0.625. The van der Waals surface area contributed by atoms with Crippen molar-refractivity contribution in [2.75, 3.05) is 0 Å².